The van der Waals surface area contributed by atoms with Crippen molar-refractivity contribution in [2.24, 2.45) is 11.0 Å². The van der Waals surface area contributed by atoms with Gasteiger partial charge in [-0.1, -0.05) is 6.07 Å². The monoisotopic (exact) mass is 331 g/mol. The minimum Gasteiger partial charge on any atom is -0.467 e. The molecule has 1 saturated heterocycles. The fourth-order valence-corrected chi connectivity index (χ4v) is 3.14. The first-order valence-electron chi connectivity index (χ1n) is 7.31. The van der Waals surface area contributed by atoms with Crippen LogP contribution < -0.4 is 5.43 Å². The zero-order chi connectivity index (χ0) is 16.2. The Morgan fingerprint density at radius 3 is 3.04 bits per heavy atom. The van der Waals surface area contributed by atoms with Gasteiger partial charge in [0.2, 0.25) is 11.8 Å². The molecule has 0 bridgehead atoms. The lowest BCUT2D eigenvalue weighted by Crippen LogP contribution is -2.30. The summed E-state index contributed by atoms with van der Waals surface area (Å²) < 4.78 is 5.24. The third kappa shape index (κ3) is 3.68. The van der Waals surface area contributed by atoms with Gasteiger partial charge >= 0.3 is 0 Å². The molecule has 2 aromatic heterocycles. The van der Waals surface area contributed by atoms with E-state index in [1.807, 2.05) is 30.5 Å². The first kappa shape index (κ1) is 15.5. The van der Waals surface area contributed by atoms with E-state index in [1.54, 1.807) is 28.6 Å². The maximum Gasteiger partial charge on any atom is 0.245 e. The van der Waals surface area contributed by atoms with Gasteiger partial charge in [-0.05, 0) is 30.5 Å². The van der Waals surface area contributed by atoms with Crippen molar-refractivity contribution in [3.05, 3.63) is 46.5 Å². The Balaban J connectivity index is 1.56. The van der Waals surface area contributed by atoms with Crippen molar-refractivity contribution < 1.29 is 14.0 Å². The highest BCUT2D eigenvalue weighted by atomic mass is 32.1. The second kappa shape index (κ2) is 6.78. The highest BCUT2D eigenvalue weighted by Crippen LogP contribution is 2.20. The third-order valence-corrected chi connectivity index (χ3v) is 4.70. The van der Waals surface area contributed by atoms with Gasteiger partial charge in [0.05, 0.1) is 24.4 Å². The van der Waals surface area contributed by atoms with Crippen molar-refractivity contribution >= 4 is 28.9 Å². The lowest BCUT2D eigenvalue weighted by molar-refractivity contribution is -0.129. The van der Waals surface area contributed by atoms with Gasteiger partial charge < -0.3 is 9.32 Å². The summed E-state index contributed by atoms with van der Waals surface area (Å²) >= 11 is 1.56. The molecule has 0 radical (unpaired) electrons. The molecule has 6 nitrogen and oxygen atoms in total. The predicted octanol–water partition coefficient (Wildman–Crippen LogP) is 2.23. The van der Waals surface area contributed by atoms with Crippen molar-refractivity contribution in [3.63, 3.8) is 0 Å². The molecule has 2 aromatic rings. The van der Waals surface area contributed by atoms with Crippen LogP contribution in [-0.2, 0) is 16.1 Å². The normalized spacial score (nSPS) is 18.5. The van der Waals surface area contributed by atoms with Crippen LogP contribution in [0.25, 0.3) is 0 Å². The fourth-order valence-electron chi connectivity index (χ4n) is 2.46. The number of nitrogens with one attached hydrogen (secondary N) is 1. The number of rotatable bonds is 5. The summed E-state index contributed by atoms with van der Waals surface area (Å²) in [4.78, 5) is 26.9. The Kier molecular flexibility index (Phi) is 4.57. The molecule has 1 atom stereocenters. The minimum atomic E-state index is -0.377. The van der Waals surface area contributed by atoms with Gasteiger partial charge in [0.1, 0.15) is 5.76 Å². The molecular formula is C16H17N3O3S. The van der Waals surface area contributed by atoms with Crippen molar-refractivity contribution in [2.75, 3.05) is 6.54 Å². The van der Waals surface area contributed by atoms with E-state index < -0.39 is 0 Å². The number of hydrogen-bond acceptors (Lipinski definition) is 5. The molecule has 0 aliphatic carbocycles. The average molecular weight is 331 g/mol. The molecule has 3 heterocycles. The van der Waals surface area contributed by atoms with Crippen molar-refractivity contribution in [1.29, 1.82) is 0 Å². The van der Waals surface area contributed by atoms with E-state index in [0.29, 0.717) is 18.8 Å². The van der Waals surface area contributed by atoms with Gasteiger partial charge in [0.25, 0.3) is 0 Å². The lowest BCUT2D eigenvalue weighted by Gasteiger charge is -2.14. The van der Waals surface area contributed by atoms with Crippen LogP contribution in [0.5, 0.6) is 0 Å². The van der Waals surface area contributed by atoms with E-state index in [-0.39, 0.29) is 24.2 Å². The first-order chi connectivity index (χ1) is 11.1. The molecule has 1 aliphatic rings. The standard InChI is InChI=1S/C16H17N3O3S/c1-11(14-5-3-7-23-14)17-18-16(21)12-8-15(20)19(9-12)10-13-4-2-6-22-13/h2-7,12H,8-10H2,1H3,(H,18,21)/b17-11+. The summed E-state index contributed by atoms with van der Waals surface area (Å²) in [7, 11) is 0. The van der Waals surface area contributed by atoms with Crippen LogP contribution in [0, 0.1) is 5.92 Å². The van der Waals surface area contributed by atoms with Crippen molar-refractivity contribution in [1.82, 2.24) is 10.3 Å². The number of furan rings is 1. The van der Waals surface area contributed by atoms with E-state index in [2.05, 4.69) is 10.5 Å². The number of likely N-dealkylation sites (tertiary alicyclic amines) is 1. The Labute approximate surface area is 137 Å². The molecule has 2 amide bonds. The summed E-state index contributed by atoms with van der Waals surface area (Å²) in [6, 6.07) is 7.47. The molecule has 7 heteroatoms. The number of carbonyl (C=O) groups is 2. The molecule has 1 unspecified atom stereocenters. The van der Waals surface area contributed by atoms with Gasteiger partial charge in [-0.3, -0.25) is 9.59 Å². The maximum atomic E-state index is 12.2. The van der Waals surface area contributed by atoms with Crippen molar-refractivity contribution in [3.8, 4) is 0 Å². The highest BCUT2D eigenvalue weighted by Gasteiger charge is 2.34. The van der Waals surface area contributed by atoms with Gasteiger partial charge in [-0.2, -0.15) is 5.10 Å². The first-order valence-corrected chi connectivity index (χ1v) is 8.19. The zero-order valence-electron chi connectivity index (χ0n) is 12.7. The van der Waals surface area contributed by atoms with E-state index in [1.165, 1.54) is 0 Å². The number of nitrogens with zero attached hydrogens (tertiary/aromatic N) is 2. The quantitative estimate of drug-likeness (QED) is 0.674. The van der Waals surface area contributed by atoms with Crippen LogP contribution in [0.4, 0.5) is 0 Å². The molecule has 1 aliphatic heterocycles. The zero-order valence-corrected chi connectivity index (χ0v) is 13.5. The minimum absolute atomic E-state index is 0.0412. The second-order valence-corrected chi connectivity index (χ2v) is 6.35. The largest absolute Gasteiger partial charge is 0.467 e. The van der Waals surface area contributed by atoms with Crippen LogP contribution in [0.2, 0.25) is 0 Å². The lowest BCUT2D eigenvalue weighted by atomic mass is 10.1. The van der Waals surface area contributed by atoms with E-state index >= 15 is 0 Å². The molecular weight excluding hydrogens is 314 g/mol. The smallest absolute Gasteiger partial charge is 0.245 e. The van der Waals surface area contributed by atoms with Crippen LogP contribution in [0.3, 0.4) is 0 Å². The summed E-state index contributed by atoms with van der Waals surface area (Å²) in [6.45, 7) is 2.63. The molecule has 120 valence electrons. The number of amides is 2. The Hall–Kier alpha value is -2.41. The maximum absolute atomic E-state index is 12.2. The van der Waals surface area contributed by atoms with Gasteiger partial charge in [0.15, 0.2) is 0 Å². The van der Waals surface area contributed by atoms with Crippen molar-refractivity contribution in [2.45, 2.75) is 19.9 Å². The molecule has 0 spiro atoms. The molecule has 0 aromatic carbocycles. The van der Waals surface area contributed by atoms with Gasteiger partial charge in [-0.25, -0.2) is 5.43 Å². The SMILES string of the molecule is C/C(=N\NC(=O)C1CC(=O)N(Cc2ccco2)C1)c1cccs1. The summed E-state index contributed by atoms with van der Waals surface area (Å²) in [6.07, 6.45) is 1.78. The third-order valence-electron chi connectivity index (χ3n) is 3.72. The summed E-state index contributed by atoms with van der Waals surface area (Å²) in [5, 5.41) is 6.07. The number of carbonyl (C=O) groups excluding carboxylic acids is 2. The number of hydrogen-bond donors (Lipinski definition) is 1. The average Bonchev–Trinajstić information content (AvgIpc) is 3.27. The van der Waals surface area contributed by atoms with Gasteiger partial charge in [-0.15, -0.1) is 11.3 Å². The highest BCUT2D eigenvalue weighted by molar-refractivity contribution is 7.12. The van der Waals surface area contributed by atoms with E-state index in [0.717, 1.165) is 10.6 Å². The molecule has 1 N–H and O–H groups in total. The summed E-state index contributed by atoms with van der Waals surface area (Å²) in [5.74, 6) is 0.0695. The van der Waals surface area contributed by atoms with Gasteiger partial charge in [0, 0.05) is 17.8 Å². The molecule has 0 saturated carbocycles. The molecule has 23 heavy (non-hydrogen) atoms. The predicted molar refractivity (Wildman–Crippen MR) is 86.9 cm³/mol. The van der Waals surface area contributed by atoms with E-state index in [4.69, 9.17) is 4.42 Å². The second-order valence-electron chi connectivity index (χ2n) is 5.41. The topological polar surface area (TPSA) is 74.9 Å². The Bertz CT molecular complexity index is 707. The van der Waals surface area contributed by atoms with Crippen LogP contribution in [-0.4, -0.2) is 29.0 Å². The number of thiophene rings is 1. The van der Waals surface area contributed by atoms with Crippen LogP contribution in [0.1, 0.15) is 24.0 Å². The molecule has 1 fully saturated rings. The Morgan fingerprint density at radius 1 is 1.48 bits per heavy atom. The van der Waals surface area contributed by atoms with Crippen LogP contribution >= 0.6 is 11.3 Å². The fraction of sp³-hybridized carbons (Fsp3) is 0.312. The Morgan fingerprint density at radius 2 is 2.35 bits per heavy atom. The summed E-state index contributed by atoms with van der Waals surface area (Å²) in [5.41, 5.74) is 3.32. The van der Waals surface area contributed by atoms with Crippen LogP contribution in [0.15, 0.2) is 45.4 Å². The number of hydrazone groups is 1. The molecule has 3 rings (SSSR count). The van der Waals surface area contributed by atoms with E-state index in [9.17, 15) is 9.59 Å².